The number of hydrogen-bond acceptors (Lipinski definition) is 6. The highest BCUT2D eigenvalue weighted by Gasteiger charge is 2.13. The summed E-state index contributed by atoms with van der Waals surface area (Å²) in [6.45, 7) is 0. The van der Waals surface area contributed by atoms with Gasteiger partial charge in [0.15, 0.2) is 0 Å². The van der Waals surface area contributed by atoms with Gasteiger partial charge in [-0.3, -0.25) is 4.72 Å². The molecule has 0 unspecified atom stereocenters. The minimum absolute atomic E-state index is 0.0722. The van der Waals surface area contributed by atoms with Crippen LogP contribution in [0.1, 0.15) is 0 Å². The number of nitrogens with zero attached hydrogens (tertiary/aromatic N) is 3. The molecule has 3 N–H and O–H groups in total. The van der Waals surface area contributed by atoms with Gasteiger partial charge in [-0.05, 0) is 12.1 Å². The summed E-state index contributed by atoms with van der Waals surface area (Å²) in [4.78, 5) is 4.29. The van der Waals surface area contributed by atoms with Crippen LogP contribution < -0.4 is 10.5 Å². The van der Waals surface area contributed by atoms with Gasteiger partial charge in [-0.2, -0.15) is 0 Å². The minimum atomic E-state index is -3.37. The highest BCUT2D eigenvalue weighted by Crippen LogP contribution is 2.30. The molecule has 8 heteroatoms. The number of sulfonamides is 1. The molecular weight excluding hydrogens is 326 g/mol. The summed E-state index contributed by atoms with van der Waals surface area (Å²) in [6.07, 6.45) is 1.10. The van der Waals surface area contributed by atoms with E-state index in [9.17, 15) is 8.42 Å². The van der Waals surface area contributed by atoms with E-state index in [1.54, 1.807) is 18.2 Å². The maximum atomic E-state index is 11.4. The maximum Gasteiger partial charge on any atom is 0.240 e. The van der Waals surface area contributed by atoms with Crippen molar-refractivity contribution in [3.8, 4) is 22.5 Å². The predicted octanol–water partition coefficient (Wildman–Crippen LogP) is 2.16. The van der Waals surface area contributed by atoms with Crippen LogP contribution in [-0.2, 0) is 10.0 Å². The molecular formula is C16H15N5O2S. The number of nitrogens with two attached hydrogens (primary N) is 1. The van der Waals surface area contributed by atoms with E-state index in [-0.39, 0.29) is 5.95 Å². The molecule has 0 saturated heterocycles. The third-order valence-corrected chi connectivity index (χ3v) is 3.80. The zero-order chi connectivity index (χ0) is 17.2. The van der Waals surface area contributed by atoms with Crippen molar-refractivity contribution in [1.29, 1.82) is 0 Å². The molecule has 0 aliphatic carbocycles. The second-order valence-corrected chi connectivity index (χ2v) is 6.94. The first-order valence-corrected chi connectivity index (χ1v) is 8.95. The predicted molar refractivity (Wildman–Crippen MR) is 93.6 cm³/mol. The Bertz CT molecular complexity index is 975. The van der Waals surface area contributed by atoms with Crippen LogP contribution in [0.15, 0.2) is 54.6 Å². The summed E-state index contributed by atoms with van der Waals surface area (Å²) in [5.74, 6) is 0.0722. The van der Waals surface area contributed by atoms with E-state index < -0.39 is 10.0 Å². The van der Waals surface area contributed by atoms with Crippen LogP contribution in [0.25, 0.3) is 22.5 Å². The average Bonchev–Trinajstić information content (AvgIpc) is 2.54. The standard InChI is InChI=1S/C16H15N5O2S/c1-24(22,23)21-13-9-5-8-12(10-13)15-14(18-16(17)20-19-15)11-6-3-2-4-7-11/h2-10,21H,1H3,(H2,17,18,20). The van der Waals surface area contributed by atoms with Crippen LogP contribution in [-0.4, -0.2) is 29.9 Å². The molecule has 24 heavy (non-hydrogen) atoms. The van der Waals surface area contributed by atoms with E-state index in [1.165, 1.54) is 0 Å². The molecule has 0 bridgehead atoms. The largest absolute Gasteiger partial charge is 0.366 e. The molecule has 0 fully saturated rings. The van der Waals surface area contributed by atoms with Crippen molar-refractivity contribution in [2.45, 2.75) is 0 Å². The van der Waals surface area contributed by atoms with Crippen molar-refractivity contribution < 1.29 is 8.42 Å². The number of aromatic nitrogens is 3. The first-order valence-electron chi connectivity index (χ1n) is 7.06. The van der Waals surface area contributed by atoms with Crippen molar-refractivity contribution in [2.75, 3.05) is 16.7 Å². The zero-order valence-electron chi connectivity index (χ0n) is 12.8. The molecule has 7 nitrogen and oxygen atoms in total. The first kappa shape index (κ1) is 15.9. The zero-order valence-corrected chi connectivity index (χ0v) is 13.7. The highest BCUT2D eigenvalue weighted by molar-refractivity contribution is 7.92. The van der Waals surface area contributed by atoms with E-state index in [0.29, 0.717) is 22.6 Å². The number of anilines is 2. The smallest absolute Gasteiger partial charge is 0.240 e. The van der Waals surface area contributed by atoms with E-state index in [0.717, 1.165) is 11.8 Å². The van der Waals surface area contributed by atoms with Gasteiger partial charge in [0, 0.05) is 16.8 Å². The lowest BCUT2D eigenvalue weighted by Gasteiger charge is -2.10. The molecule has 0 amide bonds. The number of nitrogens with one attached hydrogen (secondary N) is 1. The van der Waals surface area contributed by atoms with Crippen molar-refractivity contribution in [3.63, 3.8) is 0 Å². The Kier molecular flexibility index (Phi) is 4.13. The first-order chi connectivity index (χ1) is 11.4. The molecule has 0 radical (unpaired) electrons. The molecule has 2 aromatic carbocycles. The summed E-state index contributed by atoms with van der Waals surface area (Å²) in [5, 5.41) is 7.97. The van der Waals surface area contributed by atoms with Crippen LogP contribution in [0.2, 0.25) is 0 Å². The average molecular weight is 341 g/mol. The van der Waals surface area contributed by atoms with Gasteiger partial charge in [-0.15, -0.1) is 10.2 Å². The van der Waals surface area contributed by atoms with Crippen LogP contribution >= 0.6 is 0 Å². The molecule has 1 aromatic heterocycles. The van der Waals surface area contributed by atoms with Gasteiger partial charge in [0.05, 0.1) is 6.26 Å². The molecule has 0 aliphatic rings. The number of hydrogen-bond donors (Lipinski definition) is 2. The summed E-state index contributed by atoms with van der Waals surface area (Å²) in [5.41, 5.74) is 8.75. The minimum Gasteiger partial charge on any atom is -0.366 e. The van der Waals surface area contributed by atoms with Crippen molar-refractivity contribution in [3.05, 3.63) is 54.6 Å². The maximum absolute atomic E-state index is 11.4. The third-order valence-electron chi connectivity index (χ3n) is 3.19. The second kappa shape index (κ2) is 6.25. The lowest BCUT2D eigenvalue weighted by Crippen LogP contribution is -2.09. The van der Waals surface area contributed by atoms with Crippen LogP contribution in [0, 0.1) is 0 Å². The Morgan fingerprint density at radius 3 is 2.33 bits per heavy atom. The molecule has 0 atom stereocenters. The normalized spacial score (nSPS) is 11.2. The fourth-order valence-corrected chi connectivity index (χ4v) is 2.83. The lowest BCUT2D eigenvalue weighted by atomic mass is 10.0. The van der Waals surface area contributed by atoms with Gasteiger partial charge in [0.2, 0.25) is 16.0 Å². The highest BCUT2D eigenvalue weighted by atomic mass is 32.2. The summed E-state index contributed by atoms with van der Waals surface area (Å²) in [6, 6.07) is 16.3. The Morgan fingerprint density at radius 2 is 1.62 bits per heavy atom. The fourth-order valence-electron chi connectivity index (χ4n) is 2.27. The molecule has 0 spiro atoms. The molecule has 3 rings (SSSR count). The van der Waals surface area contributed by atoms with Crippen LogP contribution in [0.3, 0.4) is 0 Å². The van der Waals surface area contributed by atoms with Crippen molar-refractivity contribution in [1.82, 2.24) is 15.2 Å². The SMILES string of the molecule is CS(=O)(=O)Nc1cccc(-c2nnc(N)nc2-c2ccccc2)c1. The molecule has 122 valence electrons. The molecule has 3 aromatic rings. The van der Waals surface area contributed by atoms with Gasteiger partial charge in [-0.1, -0.05) is 42.5 Å². The molecule has 0 saturated carbocycles. The summed E-state index contributed by atoms with van der Waals surface area (Å²) >= 11 is 0. The van der Waals surface area contributed by atoms with E-state index in [2.05, 4.69) is 19.9 Å². The van der Waals surface area contributed by atoms with E-state index in [4.69, 9.17) is 5.73 Å². The van der Waals surface area contributed by atoms with Crippen molar-refractivity contribution >= 4 is 21.7 Å². The summed E-state index contributed by atoms with van der Waals surface area (Å²) < 4.78 is 25.3. The topological polar surface area (TPSA) is 111 Å². The quantitative estimate of drug-likeness (QED) is 0.752. The number of nitrogen functional groups attached to an aromatic ring is 1. The Balaban J connectivity index is 2.12. The molecule has 1 heterocycles. The van der Waals surface area contributed by atoms with Gasteiger partial charge in [0.25, 0.3) is 0 Å². The van der Waals surface area contributed by atoms with Gasteiger partial charge in [-0.25, -0.2) is 13.4 Å². The summed E-state index contributed by atoms with van der Waals surface area (Å²) in [7, 11) is -3.37. The fraction of sp³-hybridized carbons (Fsp3) is 0.0625. The van der Waals surface area contributed by atoms with Crippen LogP contribution in [0.5, 0.6) is 0 Å². The second-order valence-electron chi connectivity index (χ2n) is 5.19. The van der Waals surface area contributed by atoms with Gasteiger partial charge in [0.1, 0.15) is 11.4 Å². The van der Waals surface area contributed by atoms with E-state index >= 15 is 0 Å². The monoisotopic (exact) mass is 341 g/mol. The molecule has 0 aliphatic heterocycles. The number of rotatable bonds is 4. The van der Waals surface area contributed by atoms with Crippen LogP contribution in [0.4, 0.5) is 11.6 Å². The van der Waals surface area contributed by atoms with Gasteiger partial charge < -0.3 is 5.73 Å². The van der Waals surface area contributed by atoms with E-state index in [1.807, 2.05) is 36.4 Å². The third kappa shape index (κ3) is 3.66. The number of benzene rings is 2. The lowest BCUT2D eigenvalue weighted by molar-refractivity contribution is 0.607. The Labute approximate surface area is 139 Å². The Hall–Kier alpha value is -3.00. The van der Waals surface area contributed by atoms with Gasteiger partial charge >= 0.3 is 0 Å². The Morgan fingerprint density at radius 1 is 0.917 bits per heavy atom. The van der Waals surface area contributed by atoms with Crippen molar-refractivity contribution in [2.24, 2.45) is 0 Å².